The van der Waals surface area contributed by atoms with Gasteiger partial charge in [-0.05, 0) is 61.4 Å². The lowest BCUT2D eigenvalue weighted by Crippen LogP contribution is -2.43. The van der Waals surface area contributed by atoms with Crippen LogP contribution in [0.1, 0.15) is 24.7 Å². The molecule has 1 fully saturated rings. The second kappa shape index (κ2) is 8.69. The smallest absolute Gasteiger partial charge is 0.343 e. The van der Waals surface area contributed by atoms with Gasteiger partial charge in [0.1, 0.15) is 17.2 Å². The van der Waals surface area contributed by atoms with Crippen molar-refractivity contribution >= 4 is 6.03 Å². The first kappa shape index (κ1) is 20.7. The van der Waals surface area contributed by atoms with Crippen molar-refractivity contribution in [2.24, 2.45) is 0 Å². The van der Waals surface area contributed by atoms with E-state index in [1.54, 1.807) is 36.3 Å². The highest BCUT2D eigenvalue weighted by atomic mass is 16.5. The van der Waals surface area contributed by atoms with E-state index in [-0.39, 0.29) is 11.7 Å². The molecule has 162 valence electrons. The molecule has 0 atom stereocenters. The third-order valence-corrected chi connectivity index (χ3v) is 5.53. The van der Waals surface area contributed by atoms with E-state index >= 15 is 0 Å². The zero-order valence-electron chi connectivity index (χ0n) is 17.5. The Labute approximate surface area is 180 Å². The molecule has 1 aliphatic rings. The number of piperidine rings is 1. The summed E-state index contributed by atoms with van der Waals surface area (Å²) < 4.78 is 11.5. The highest BCUT2D eigenvalue weighted by Gasteiger charge is 2.29. The first-order valence-corrected chi connectivity index (χ1v) is 10.1. The van der Waals surface area contributed by atoms with Gasteiger partial charge in [0.2, 0.25) is 0 Å². The van der Waals surface area contributed by atoms with Gasteiger partial charge >= 0.3 is 6.03 Å². The predicted molar refractivity (Wildman–Crippen MR) is 114 cm³/mol. The minimum Gasteiger partial charge on any atom is -0.508 e. The Hall–Kier alpha value is -3.52. The van der Waals surface area contributed by atoms with Crippen LogP contribution < -0.4 is 4.74 Å². The van der Waals surface area contributed by atoms with Crippen molar-refractivity contribution in [3.63, 3.8) is 0 Å². The number of aromatic nitrogens is 1. The fraction of sp³-hybridized carbons (Fsp3) is 0.304. The number of methoxy groups -OCH3 is 1. The molecule has 1 aromatic heterocycles. The molecule has 1 saturated heterocycles. The molecule has 8 heteroatoms. The standard InChI is InChI=1S/C23H25N3O5/c1-25(29)23(28)26-13-11-17(12-14-26)22-24-20(15-5-9-19(30-2)10-6-15)21(31-22)16-3-7-18(27)8-4-16/h3-10,17,27,29H,11-14H2,1-2H3. The predicted octanol–water partition coefficient (Wildman–Crippen LogP) is 4.34. The Morgan fingerprint density at radius 3 is 2.29 bits per heavy atom. The summed E-state index contributed by atoms with van der Waals surface area (Å²) in [5, 5.41) is 19.6. The van der Waals surface area contributed by atoms with Crippen molar-refractivity contribution in [2.45, 2.75) is 18.8 Å². The first-order valence-electron chi connectivity index (χ1n) is 10.1. The minimum absolute atomic E-state index is 0.0657. The number of hydroxylamine groups is 2. The molecule has 0 radical (unpaired) electrons. The number of phenolic OH excluding ortho intramolecular Hbond substituents is 1. The number of phenols is 1. The first-order chi connectivity index (χ1) is 15.0. The lowest BCUT2D eigenvalue weighted by atomic mass is 9.97. The average Bonchev–Trinajstić information content (AvgIpc) is 3.24. The van der Waals surface area contributed by atoms with Crippen LogP contribution in [0, 0.1) is 0 Å². The van der Waals surface area contributed by atoms with Crippen LogP contribution in [-0.2, 0) is 0 Å². The Morgan fingerprint density at radius 1 is 1.10 bits per heavy atom. The zero-order chi connectivity index (χ0) is 22.0. The maximum Gasteiger partial charge on any atom is 0.343 e. The summed E-state index contributed by atoms with van der Waals surface area (Å²) in [6.07, 6.45) is 1.38. The maximum atomic E-state index is 12.0. The number of amides is 2. The number of ether oxygens (including phenoxy) is 1. The molecule has 0 unspecified atom stereocenters. The van der Waals surface area contributed by atoms with E-state index in [1.807, 2.05) is 24.3 Å². The third-order valence-electron chi connectivity index (χ3n) is 5.53. The monoisotopic (exact) mass is 423 g/mol. The van der Waals surface area contributed by atoms with Crippen molar-refractivity contribution in [3.05, 3.63) is 54.4 Å². The number of hydrogen-bond donors (Lipinski definition) is 2. The number of hydrogen-bond acceptors (Lipinski definition) is 6. The molecule has 2 heterocycles. The van der Waals surface area contributed by atoms with Gasteiger partial charge in [0, 0.05) is 37.2 Å². The van der Waals surface area contributed by atoms with E-state index in [9.17, 15) is 15.1 Å². The molecule has 8 nitrogen and oxygen atoms in total. The van der Waals surface area contributed by atoms with Crippen LogP contribution in [0.2, 0.25) is 0 Å². The fourth-order valence-electron chi connectivity index (χ4n) is 3.79. The van der Waals surface area contributed by atoms with E-state index < -0.39 is 6.03 Å². The van der Waals surface area contributed by atoms with Gasteiger partial charge in [0.15, 0.2) is 11.7 Å². The van der Waals surface area contributed by atoms with Crippen LogP contribution in [0.3, 0.4) is 0 Å². The van der Waals surface area contributed by atoms with E-state index in [1.165, 1.54) is 7.05 Å². The van der Waals surface area contributed by atoms with Crippen LogP contribution in [0.15, 0.2) is 52.9 Å². The normalized spacial score (nSPS) is 14.5. The molecule has 2 aromatic carbocycles. The number of carbonyl (C=O) groups excluding carboxylic acids is 1. The quantitative estimate of drug-likeness (QED) is 0.478. The summed E-state index contributed by atoms with van der Waals surface area (Å²) in [5.74, 6) is 2.26. The summed E-state index contributed by atoms with van der Waals surface area (Å²) in [6.45, 7) is 1.03. The summed E-state index contributed by atoms with van der Waals surface area (Å²) >= 11 is 0. The number of likely N-dealkylation sites (tertiary alicyclic amines) is 1. The minimum atomic E-state index is -0.408. The van der Waals surface area contributed by atoms with Crippen LogP contribution in [0.5, 0.6) is 11.5 Å². The fourth-order valence-corrected chi connectivity index (χ4v) is 3.79. The average molecular weight is 423 g/mol. The molecule has 0 aliphatic carbocycles. The Bertz CT molecular complexity index is 1040. The van der Waals surface area contributed by atoms with Gasteiger partial charge in [-0.25, -0.2) is 14.8 Å². The number of urea groups is 1. The van der Waals surface area contributed by atoms with Crippen LogP contribution in [-0.4, -0.2) is 58.5 Å². The Balaban J connectivity index is 1.65. The summed E-state index contributed by atoms with van der Waals surface area (Å²) in [4.78, 5) is 18.4. The Morgan fingerprint density at radius 2 is 1.71 bits per heavy atom. The lowest BCUT2D eigenvalue weighted by molar-refractivity contribution is -0.0358. The molecule has 0 saturated carbocycles. The second-order valence-corrected chi connectivity index (χ2v) is 7.57. The van der Waals surface area contributed by atoms with Gasteiger partial charge in [-0.1, -0.05) is 0 Å². The molecular weight excluding hydrogens is 398 g/mol. The van der Waals surface area contributed by atoms with Gasteiger partial charge in [-0.3, -0.25) is 5.21 Å². The highest BCUT2D eigenvalue weighted by Crippen LogP contribution is 2.38. The highest BCUT2D eigenvalue weighted by molar-refractivity contribution is 5.77. The van der Waals surface area contributed by atoms with E-state index in [2.05, 4.69) is 0 Å². The number of nitrogens with zero attached hydrogens (tertiary/aromatic N) is 3. The Kier molecular flexibility index (Phi) is 5.81. The van der Waals surface area contributed by atoms with Crippen LogP contribution >= 0.6 is 0 Å². The van der Waals surface area contributed by atoms with E-state index in [4.69, 9.17) is 14.1 Å². The number of aromatic hydroxyl groups is 1. The summed E-state index contributed by atoms with van der Waals surface area (Å²) in [6, 6.07) is 14.0. The van der Waals surface area contributed by atoms with Gasteiger partial charge in [0.25, 0.3) is 0 Å². The van der Waals surface area contributed by atoms with Crippen molar-refractivity contribution in [1.29, 1.82) is 0 Å². The molecule has 3 aromatic rings. The molecular formula is C23H25N3O5. The number of rotatable bonds is 4. The van der Waals surface area contributed by atoms with Gasteiger partial charge in [-0.15, -0.1) is 0 Å². The number of carbonyl (C=O) groups is 1. The number of benzene rings is 2. The van der Waals surface area contributed by atoms with Crippen molar-refractivity contribution in [1.82, 2.24) is 14.9 Å². The second-order valence-electron chi connectivity index (χ2n) is 7.57. The topological polar surface area (TPSA) is 99.3 Å². The maximum absolute atomic E-state index is 12.0. The molecule has 0 spiro atoms. The summed E-state index contributed by atoms with van der Waals surface area (Å²) in [5.41, 5.74) is 2.43. The van der Waals surface area contributed by atoms with Crippen molar-refractivity contribution in [3.8, 4) is 34.1 Å². The molecule has 2 N–H and O–H groups in total. The van der Waals surface area contributed by atoms with Crippen LogP contribution in [0.4, 0.5) is 4.79 Å². The molecule has 4 rings (SSSR count). The van der Waals surface area contributed by atoms with Crippen molar-refractivity contribution in [2.75, 3.05) is 27.2 Å². The SMILES string of the molecule is COc1ccc(-c2nc(C3CCN(C(=O)N(C)O)CC3)oc2-c2ccc(O)cc2)cc1. The molecule has 31 heavy (non-hydrogen) atoms. The van der Waals surface area contributed by atoms with E-state index in [0.29, 0.717) is 42.6 Å². The lowest BCUT2D eigenvalue weighted by Gasteiger charge is -2.31. The number of oxazole rings is 1. The largest absolute Gasteiger partial charge is 0.508 e. The summed E-state index contributed by atoms with van der Waals surface area (Å²) in [7, 11) is 2.95. The van der Waals surface area contributed by atoms with Crippen LogP contribution in [0.25, 0.3) is 22.6 Å². The van der Waals surface area contributed by atoms with Gasteiger partial charge < -0.3 is 19.2 Å². The molecule has 2 amide bonds. The van der Waals surface area contributed by atoms with Crippen molar-refractivity contribution < 1.29 is 24.3 Å². The third kappa shape index (κ3) is 4.34. The van der Waals surface area contributed by atoms with Gasteiger partial charge in [-0.2, -0.15) is 0 Å². The zero-order valence-corrected chi connectivity index (χ0v) is 17.5. The molecule has 0 bridgehead atoms. The molecule has 1 aliphatic heterocycles. The van der Waals surface area contributed by atoms with E-state index in [0.717, 1.165) is 22.6 Å². The van der Waals surface area contributed by atoms with Gasteiger partial charge in [0.05, 0.1) is 7.11 Å².